The normalized spacial score (nSPS) is 32.3. The number of benzene rings is 1. The van der Waals surface area contributed by atoms with Gasteiger partial charge in [-0.05, 0) is 25.3 Å². The monoisotopic (exact) mass is 277 g/mol. The first kappa shape index (κ1) is 13.4. The van der Waals surface area contributed by atoms with Gasteiger partial charge in [0.2, 0.25) is 5.91 Å². The Balaban J connectivity index is 1.63. The van der Waals surface area contributed by atoms with Gasteiger partial charge in [0, 0.05) is 11.6 Å². The van der Waals surface area contributed by atoms with E-state index in [1.54, 1.807) is 0 Å². The lowest BCUT2D eigenvalue weighted by Crippen LogP contribution is -2.46. The zero-order valence-corrected chi connectivity index (χ0v) is 11.2. The average Bonchev–Trinajstić information content (AvgIpc) is 2.87. The number of aliphatic hydroxyl groups is 2. The molecule has 2 unspecified atom stereocenters. The quantitative estimate of drug-likeness (QED) is 0.738. The van der Waals surface area contributed by atoms with Crippen molar-refractivity contribution in [3.05, 3.63) is 29.8 Å². The number of nitrogens with one attached hydrogen (secondary N) is 1. The molecular formula is C15H19NO4. The van der Waals surface area contributed by atoms with Gasteiger partial charge in [-0.3, -0.25) is 4.79 Å². The molecule has 3 rings (SSSR count). The largest absolute Gasteiger partial charge is 0.492 e. The number of carbonyl (C=O) groups is 1. The highest BCUT2D eigenvalue weighted by molar-refractivity contribution is 5.85. The second kappa shape index (κ2) is 5.42. The number of fused-ring (bicyclic) bond motifs is 1. The van der Waals surface area contributed by atoms with E-state index in [-0.39, 0.29) is 17.9 Å². The molecule has 0 aromatic heterocycles. The van der Waals surface area contributed by atoms with E-state index in [4.69, 9.17) is 4.74 Å². The van der Waals surface area contributed by atoms with Crippen LogP contribution in [0.4, 0.5) is 0 Å². The maximum Gasteiger partial charge on any atom is 0.231 e. The summed E-state index contributed by atoms with van der Waals surface area (Å²) in [4.78, 5) is 12.3. The highest BCUT2D eigenvalue weighted by atomic mass is 16.5. The summed E-state index contributed by atoms with van der Waals surface area (Å²) < 4.78 is 5.51. The molecule has 1 amide bonds. The van der Waals surface area contributed by atoms with E-state index in [1.165, 1.54) is 0 Å². The summed E-state index contributed by atoms with van der Waals surface area (Å²) in [6, 6.07) is 7.48. The Labute approximate surface area is 117 Å². The van der Waals surface area contributed by atoms with Crippen LogP contribution >= 0.6 is 0 Å². The Morgan fingerprint density at radius 1 is 1.20 bits per heavy atom. The van der Waals surface area contributed by atoms with E-state index >= 15 is 0 Å². The lowest BCUT2D eigenvalue weighted by Gasteiger charge is -2.31. The van der Waals surface area contributed by atoms with Gasteiger partial charge in [-0.25, -0.2) is 0 Å². The molecule has 20 heavy (non-hydrogen) atoms. The minimum Gasteiger partial charge on any atom is -0.492 e. The standard InChI is InChI=1S/C15H19NO4/c17-12-6-5-9(7-13(12)18)16-15(19)11-8-20-14-4-2-1-3-10(11)14/h1-4,9,11-13,17-18H,5-8H2,(H,16,19)/t9?,11?,12-,13+/m1/s1. The fraction of sp³-hybridized carbons (Fsp3) is 0.533. The van der Waals surface area contributed by atoms with Crippen LogP contribution in [0.3, 0.4) is 0 Å². The maximum absolute atomic E-state index is 12.3. The van der Waals surface area contributed by atoms with Gasteiger partial charge >= 0.3 is 0 Å². The van der Waals surface area contributed by atoms with Gasteiger partial charge in [0.05, 0.1) is 12.2 Å². The van der Waals surface area contributed by atoms with Crippen molar-refractivity contribution in [1.82, 2.24) is 5.32 Å². The lowest BCUT2D eigenvalue weighted by molar-refractivity contribution is -0.124. The van der Waals surface area contributed by atoms with Gasteiger partial charge in [-0.1, -0.05) is 18.2 Å². The van der Waals surface area contributed by atoms with E-state index in [0.29, 0.717) is 25.9 Å². The molecular weight excluding hydrogens is 258 g/mol. The van der Waals surface area contributed by atoms with Crippen LogP contribution in [0, 0.1) is 0 Å². The summed E-state index contributed by atoms with van der Waals surface area (Å²) in [5.74, 6) is 0.422. The molecule has 1 aliphatic carbocycles. The molecule has 3 N–H and O–H groups in total. The molecule has 5 heteroatoms. The number of rotatable bonds is 2. The zero-order valence-electron chi connectivity index (χ0n) is 11.2. The highest BCUT2D eigenvalue weighted by Crippen LogP contribution is 2.33. The maximum atomic E-state index is 12.3. The van der Waals surface area contributed by atoms with Crippen molar-refractivity contribution >= 4 is 5.91 Å². The topological polar surface area (TPSA) is 78.8 Å². The number of ether oxygens (including phenoxy) is 1. The first-order valence-electron chi connectivity index (χ1n) is 7.03. The predicted octanol–water partition coefficient (Wildman–Crippen LogP) is 0.553. The van der Waals surface area contributed by atoms with E-state index in [1.807, 2.05) is 24.3 Å². The van der Waals surface area contributed by atoms with Gasteiger partial charge in [-0.2, -0.15) is 0 Å². The highest BCUT2D eigenvalue weighted by Gasteiger charge is 2.33. The van der Waals surface area contributed by atoms with Crippen molar-refractivity contribution in [2.45, 2.75) is 43.4 Å². The van der Waals surface area contributed by atoms with Gasteiger partial charge in [0.15, 0.2) is 0 Å². The fourth-order valence-corrected chi connectivity index (χ4v) is 2.94. The Bertz CT molecular complexity index is 504. The van der Waals surface area contributed by atoms with Gasteiger partial charge in [0.1, 0.15) is 18.3 Å². The summed E-state index contributed by atoms with van der Waals surface area (Å²) in [7, 11) is 0. The van der Waals surface area contributed by atoms with E-state index in [0.717, 1.165) is 11.3 Å². The first-order valence-corrected chi connectivity index (χ1v) is 7.03. The Morgan fingerprint density at radius 2 is 2.00 bits per heavy atom. The first-order chi connectivity index (χ1) is 9.65. The Hall–Kier alpha value is -1.59. The van der Waals surface area contributed by atoms with Crippen molar-refractivity contribution in [2.75, 3.05) is 6.61 Å². The van der Waals surface area contributed by atoms with Crippen molar-refractivity contribution in [1.29, 1.82) is 0 Å². The lowest BCUT2D eigenvalue weighted by atomic mass is 9.90. The third kappa shape index (κ3) is 2.51. The van der Waals surface area contributed by atoms with Crippen molar-refractivity contribution in [2.24, 2.45) is 0 Å². The van der Waals surface area contributed by atoms with Crippen LogP contribution in [0.15, 0.2) is 24.3 Å². The number of carbonyl (C=O) groups excluding carboxylic acids is 1. The molecule has 0 bridgehead atoms. The third-order valence-electron chi connectivity index (χ3n) is 4.14. The molecule has 1 heterocycles. The molecule has 5 nitrogen and oxygen atoms in total. The van der Waals surface area contributed by atoms with Crippen LogP contribution in [0.2, 0.25) is 0 Å². The minimum absolute atomic E-state index is 0.0662. The smallest absolute Gasteiger partial charge is 0.231 e. The number of hydrogen-bond acceptors (Lipinski definition) is 4. The molecule has 1 fully saturated rings. The Kier molecular flexibility index (Phi) is 3.63. The molecule has 0 spiro atoms. The second-order valence-electron chi connectivity index (χ2n) is 5.55. The van der Waals surface area contributed by atoms with E-state index in [2.05, 4.69) is 5.32 Å². The van der Waals surface area contributed by atoms with Crippen LogP contribution in [0.25, 0.3) is 0 Å². The van der Waals surface area contributed by atoms with E-state index in [9.17, 15) is 15.0 Å². The predicted molar refractivity (Wildman–Crippen MR) is 72.5 cm³/mol. The van der Waals surface area contributed by atoms with E-state index < -0.39 is 12.2 Å². The fourth-order valence-electron chi connectivity index (χ4n) is 2.94. The molecule has 1 saturated carbocycles. The van der Waals surface area contributed by atoms with Crippen LogP contribution in [-0.2, 0) is 4.79 Å². The summed E-state index contributed by atoms with van der Waals surface area (Å²) in [5.41, 5.74) is 0.918. The van der Waals surface area contributed by atoms with Crippen molar-refractivity contribution in [3.8, 4) is 5.75 Å². The summed E-state index contributed by atoms with van der Waals surface area (Å²) >= 11 is 0. The summed E-state index contributed by atoms with van der Waals surface area (Å²) in [6.07, 6.45) is 0.199. The molecule has 0 radical (unpaired) electrons. The molecule has 1 aliphatic heterocycles. The molecule has 1 aromatic carbocycles. The number of amides is 1. The van der Waals surface area contributed by atoms with Crippen molar-refractivity contribution < 1.29 is 19.7 Å². The molecule has 1 aromatic rings. The second-order valence-corrected chi connectivity index (χ2v) is 5.55. The minimum atomic E-state index is -0.749. The van der Waals surface area contributed by atoms with Gasteiger partial charge in [-0.15, -0.1) is 0 Å². The average molecular weight is 277 g/mol. The van der Waals surface area contributed by atoms with Gasteiger partial charge < -0.3 is 20.3 Å². The number of hydrogen-bond donors (Lipinski definition) is 3. The van der Waals surface area contributed by atoms with Crippen LogP contribution in [0.1, 0.15) is 30.7 Å². The Morgan fingerprint density at radius 3 is 2.80 bits per heavy atom. The molecule has 0 saturated heterocycles. The molecule has 108 valence electrons. The molecule has 2 aliphatic rings. The zero-order chi connectivity index (χ0) is 14.1. The van der Waals surface area contributed by atoms with Crippen LogP contribution in [-0.4, -0.2) is 41.0 Å². The third-order valence-corrected chi connectivity index (χ3v) is 4.14. The number of aliphatic hydroxyl groups excluding tert-OH is 2. The summed E-state index contributed by atoms with van der Waals surface area (Å²) in [5, 5.41) is 22.1. The van der Waals surface area contributed by atoms with Gasteiger partial charge in [0.25, 0.3) is 0 Å². The molecule has 4 atom stereocenters. The SMILES string of the molecule is O=C(NC1CC[C@@H](O)[C@@H](O)C1)C1COc2ccccc21. The van der Waals surface area contributed by atoms with Crippen LogP contribution < -0.4 is 10.1 Å². The van der Waals surface area contributed by atoms with Crippen molar-refractivity contribution in [3.63, 3.8) is 0 Å². The van der Waals surface area contributed by atoms with Crippen LogP contribution in [0.5, 0.6) is 5.75 Å². The summed E-state index contributed by atoms with van der Waals surface area (Å²) in [6.45, 7) is 0.364. The number of para-hydroxylation sites is 1.